The highest BCUT2D eigenvalue weighted by Crippen LogP contribution is 2.21. The Hall–Kier alpha value is -1.39. The summed E-state index contributed by atoms with van der Waals surface area (Å²) in [6.45, 7) is 17.3. The average Bonchev–Trinajstić information content (AvgIpc) is 2.41. The molecule has 146 valence electrons. The Morgan fingerprint density at radius 2 is 1.20 bits per heavy atom. The second-order valence-electron chi connectivity index (χ2n) is 9.89. The lowest BCUT2D eigenvalue weighted by Gasteiger charge is -2.28. The first kappa shape index (κ1) is 23.6. The van der Waals surface area contributed by atoms with Crippen LogP contribution in [0, 0.1) is 16.2 Å². The maximum Gasteiger partial charge on any atom is 0.225 e. The van der Waals surface area contributed by atoms with Crippen LogP contribution >= 0.6 is 0 Å². The summed E-state index contributed by atoms with van der Waals surface area (Å²) in [5, 5.41) is 5.82. The summed E-state index contributed by atoms with van der Waals surface area (Å²) in [5.41, 5.74) is -1.43. The molecule has 0 aromatic rings. The summed E-state index contributed by atoms with van der Waals surface area (Å²) in [6, 6.07) is -0.481. The van der Waals surface area contributed by atoms with Crippen LogP contribution in [0.2, 0.25) is 0 Å². The predicted octanol–water partition coefficient (Wildman–Crippen LogP) is 3.47. The topological polar surface area (TPSA) is 75.3 Å². The summed E-state index contributed by atoms with van der Waals surface area (Å²) < 4.78 is 0. The molecule has 2 N–H and O–H groups in total. The molecule has 2 amide bonds. The number of unbranched alkanes of at least 4 members (excludes halogenated alkanes) is 1. The lowest BCUT2D eigenvalue weighted by Crippen LogP contribution is -2.49. The lowest BCUT2D eigenvalue weighted by molar-refractivity contribution is -0.135. The first-order valence-corrected chi connectivity index (χ1v) is 9.20. The van der Waals surface area contributed by atoms with Crippen LogP contribution in [0.3, 0.4) is 0 Å². The highest BCUT2D eigenvalue weighted by Gasteiger charge is 2.33. The van der Waals surface area contributed by atoms with Gasteiger partial charge in [-0.2, -0.15) is 0 Å². The van der Waals surface area contributed by atoms with E-state index in [4.69, 9.17) is 0 Å². The number of Topliss-reactive ketones (excluding diaryl/α,β-unsaturated/α-hetero) is 1. The number of carbonyl (C=O) groups excluding carboxylic acids is 3. The van der Waals surface area contributed by atoms with Crippen molar-refractivity contribution in [3.8, 4) is 0 Å². The van der Waals surface area contributed by atoms with Crippen LogP contribution in [0.5, 0.6) is 0 Å². The molecule has 5 nitrogen and oxygen atoms in total. The minimum absolute atomic E-state index is 0.0239. The normalized spacial score (nSPS) is 14.0. The van der Waals surface area contributed by atoms with Crippen LogP contribution in [0.1, 0.15) is 81.6 Å². The number of hydrogen-bond acceptors (Lipinski definition) is 3. The number of nitrogens with one attached hydrogen (secondary N) is 2. The van der Waals surface area contributed by atoms with E-state index in [1.165, 1.54) is 0 Å². The van der Waals surface area contributed by atoms with E-state index in [0.717, 1.165) is 12.8 Å². The number of rotatable bonds is 7. The molecule has 1 atom stereocenters. The fourth-order valence-corrected chi connectivity index (χ4v) is 2.11. The van der Waals surface area contributed by atoms with Crippen molar-refractivity contribution in [1.82, 2.24) is 10.6 Å². The van der Waals surface area contributed by atoms with Gasteiger partial charge in [0.1, 0.15) is 0 Å². The van der Waals surface area contributed by atoms with Crippen LogP contribution in [0.15, 0.2) is 0 Å². The van der Waals surface area contributed by atoms with E-state index in [1.807, 2.05) is 62.3 Å². The zero-order chi connectivity index (χ0) is 20.1. The van der Waals surface area contributed by atoms with Gasteiger partial charge in [-0.1, -0.05) is 62.3 Å². The van der Waals surface area contributed by atoms with Crippen molar-refractivity contribution in [2.45, 2.75) is 87.6 Å². The van der Waals surface area contributed by atoms with Crippen molar-refractivity contribution in [2.75, 3.05) is 6.54 Å². The van der Waals surface area contributed by atoms with Crippen molar-refractivity contribution in [1.29, 1.82) is 0 Å². The van der Waals surface area contributed by atoms with Gasteiger partial charge in [0.15, 0.2) is 5.78 Å². The molecular formula is C20H38N2O3. The molecule has 0 heterocycles. The van der Waals surface area contributed by atoms with Crippen molar-refractivity contribution in [3.05, 3.63) is 0 Å². The maximum atomic E-state index is 12.6. The summed E-state index contributed by atoms with van der Waals surface area (Å²) in [7, 11) is 0. The SMILES string of the molecule is CC(C)(C)C(=O)NCCCCC(NC(=O)C(C)(C)C)C(=O)C(C)(C)C. The fraction of sp³-hybridized carbons (Fsp3) is 0.850. The van der Waals surface area contributed by atoms with E-state index in [2.05, 4.69) is 10.6 Å². The minimum atomic E-state index is -0.531. The van der Waals surface area contributed by atoms with Crippen LogP contribution < -0.4 is 10.6 Å². The quantitative estimate of drug-likeness (QED) is 0.688. The second kappa shape index (κ2) is 8.81. The van der Waals surface area contributed by atoms with Gasteiger partial charge < -0.3 is 10.6 Å². The molecule has 0 radical (unpaired) electrons. The highest BCUT2D eigenvalue weighted by molar-refractivity contribution is 5.93. The van der Waals surface area contributed by atoms with E-state index < -0.39 is 22.3 Å². The molecule has 0 bridgehead atoms. The van der Waals surface area contributed by atoms with Crippen molar-refractivity contribution in [2.24, 2.45) is 16.2 Å². The van der Waals surface area contributed by atoms with Gasteiger partial charge in [-0.15, -0.1) is 0 Å². The second-order valence-corrected chi connectivity index (χ2v) is 9.89. The van der Waals surface area contributed by atoms with E-state index in [1.54, 1.807) is 0 Å². The van der Waals surface area contributed by atoms with E-state index in [-0.39, 0.29) is 17.6 Å². The number of amides is 2. The summed E-state index contributed by atoms with van der Waals surface area (Å²) in [4.78, 5) is 36.8. The van der Waals surface area contributed by atoms with E-state index in [0.29, 0.717) is 13.0 Å². The van der Waals surface area contributed by atoms with E-state index in [9.17, 15) is 14.4 Å². The third kappa shape index (κ3) is 9.03. The highest BCUT2D eigenvalue weighted by atomic mass is 16.2. The Labute approximate surface area is 153 Å². The Morgan fingerprint density at radius 3 is 1.60 bits per heavy atom. The standard InChI is InChI=1S/C20H38N2O3/c1-18(2,3)15(23)14(22-17(25)20(7,8)9)12-10-11-13-21-16(24)19(4,5)6/h14H,10-13H2,1-9H3,(H,21,24)(H,22,25). The lowest BCUT2D eigenvalue weighted by atomic mass is 9.84. The van der Waals surface area contributed by atoms with Gasteiger partial charge in [0.2, 0.25) is 11.8 Å². The van der Waals surface area contributed by atoms with Crippen LogP contribution in [0.25, 0.3) is 0 Å². The smallest absolute Gasteiger partial charge is 0.225 e. The van der Waals surface area contributed by atoms with Crippen LogP contribution in [0.4, 0.5) is 0 Å². The molecule has 0 saturated carbocycles. The first-order valence-electron chi connectivity index (χ1n) is 9.20. The van der Waals surface area contributed by atoms with Gasteiger partial charge in [0, 0.05) is 22.8 Å². The molecule has 0 spiro atoms. The fourth-order valence-electron chi connectivity index (χ4n) is 2.11. The molecule has 5 heteroatoms. The maximum absolute atomic E-state index is 12.6. The average molecular weight is 355 g/mol. The molecule has 0 aliphatic carbocycles. The molecule has 0 aromatic heterocycles. The predicted molar refractivity (Wildman–Crippen MR) is 102 cm³/mol. The number of ketones is 1. The molecule has 0 aromatic carbocycles. The van der Waals surface area contributed by atoms with Crippen molar-refractivity contribution >= 4 is 17.6 Å². The first-order chi connectivity index (χ1) is 11.1. The largest absolute Gasteiger partial charge is 0.356 e. The number of hydrogen-bond donors (Lipinski definition) is 2. The Kier molecular flexibility index (Phi) is 8.32. The Morgan fingerprint density at radius 1 is 0.720 bits per heavy atom. The Bertz CT molecular complexity index is 477. The monoisotopic (exact) mass is 354 g/mol. The molecule has 1 unspecified atom stereocenters. The summed E-state index contributed by atoms with van der Waals surface area (Å²) in [6.07, 6.45) is 2.13. The van der Waals surface area contributed by atoms with Crippen molar-refractivity contribution in [3.63, 3.8) is 0 Å². The molecule has 0 saturated heterocycles. The van der Waals surface area contributed by atoms with Gasteiger partial charge in [0.25, 0.3) is 0 Å². The summed E-state index contributed by atoms with van der Waals surface area (Å²) >= 11 is 0. The molecule has 0 aliphatic rings. The minimum Gasteiger partial charge on any atom is -0.356 e. The zero-order valence-electron chi connectivity index (χ0n) is 17.6. The molecule has 25 heavy (non-hydrogen) atoms. The van der Waals surface area contributed by atoms with Gasteiger partial charge in [-0.25, -0.2) is 0 Å². The number of carbonyl (C=O) groups is 3. The van der Waals surface area contributed by atoms with E-state index >= 15 is 0 Å². The van der Waals surface area contributed by atoms with Gasteiger partial charge in [-0.3, -0.25) is 14.4 Å². The van der Waals surface area contributed by atoms with Gasteiger partial charge >= 0.3 is 0 Å². The molecule has 0 fully saturated rings. The zero-order valence-corrected chi connectivity index (χ0v) is 17.6. The third-order valence-electron chi connectivity index (χ3n) is 3.93. The molecule has 0 aliphatic heterocycles. The van der Waals surface area contributed by atoms with Crippen LogP contribution in [-0.4, -0.2) is 30.2 Å². The van der Waals surface area contributed by atoms with Gasteiger partial charge in [-0.05, 0) is 19.3 Å². The van der Waals surface area contributed by atoms with Gasteiger partial charge in [0.05, 0.1) is 6.04 Å². The van der Waals surface area contributed by atoms with Crippen LogP contribution in [-0.2, 0) is 14.4 Å². The summed E-state index contributed by atoms with van der Waals surface area (Å²) in [5.74, 6) is -0.0455. The third-order valence-corrected chi connectivity index (χ3v) is 3.93. The molecule has 0 rings (SSSR count). The molecular weight excluding hydrogens is 316 g/mol. The van der Waals surface area contributed by atoms with Crippen molar-refractivity contribution < 1.29 is 14.4 Å². The Balaban J connectivity index is 4.63.